The van der Waals surface area contributed by atoms with Gasteiger partial charge in [-0.25, -0.2) is 9.59 Å². The summed E-state index contributed by atoms with van der Waals surface area (Å²) in [6, 6.07) is 0.766. The lowest BCUT2D eigenvalue weighted by Crippen LogP contribution is -2.59. The molecule has 2 aliphatic heterocycles. The van der Waals surface area contributed by atoms with Crippen molar-refractivity contribution in [2.45, 2.75) is 37.3 Å². The molecule has 7 nitrogen and oxygen atoms in total. The second-order valence-electron chi connectivity index (χ2n) is 5.19. The number of aliphatic carboxylic acids is 2. The highest BCUT2D eigenvalue weighted by Gasteiger charge is 2.38. The van der Waals surface area contributed by atoms with Crippen LogP contribution in [0.3, 0.4) is 0 Å². The molecular formula is C12H18F6N2O5. The SMILES string of the molecule is O=C(O)C(F)(F)F.O=C(O)C(F)(F)F.OC1CCN(C2CNC2)CC1. The molecule has 13 heteroatoms. The van der Waals surface area contributed by atoms with Gasteiger partial charge < -0.3 is 20.6 Å². The molecule has 0 unspecified atom stereocenters. The van der Waals surface area contributed by atoms with E-state index in [2.05, 4.69) is 10.2 Å². The molecule has 2 aliphatic rings. The van der Waals surface area contributed by atoms with E-state index in [1.165, 1.54) is 0 Å². The van der Waals surface area contributed by atoms with Crippen molar-refractivity contribution < 1.29 is 51.3 Å². The molecule has 2 heterocycles. The number of rotatable bonds is 1. The molecular weight excluding hydrogens is 366 g/mol. The Balaban J connectivity index is 0.000000366. The Morgan fingerprint density at radius 1 is 0.880 bits per heavy atom. The molecule has 0 bridgehead atoms. The molecule has 4 N–H and O–H groups in total. The van der Waals surface area contributed by atoms with Crippen LogP contribution in [-0.4, -0.2) is 82.8 Å². The van der Waals surface area contributed by atoms with Crippen LogP contribution in [0.25, 0.3) is 0 Å². The molecule has 0 amide bonds. The molecule has 0 aliphatic carbocycles. The number of hydrogen-bond acceptors (Lipinski definition) is 5. The standard InChI is InChI=1S/C8H16N2O.2C2HF3O2/c11-8-1-3-10(4-2-8)7-5-9-6-7;2*3-2(4,5)1(6)7/h7-9,11H,1-6H2;2*(H,6,7). The van der Waals surface area contributed by atoms with Crippen LogP contribution >= 0.6 is 0 Å². The van der Waals surface area contributed by atoms with Crippen LogP contribution in [0.5, 0.6) is 0 Å². The highest BCUT2D eigenvalue weighted by Crippen LogP contribution is 2.15. The van der Waals surface area contributed by atoms with Crippen LogP contribution in [0.2, 0.25) is 0 Å². The number of aliphatic hydroxyl groups excluding tert-OH is 1. The first-order valence-electron chi connectivity index (χ1n) is 6.98. The number of alkyl halides is 6. The summed E-state index contributed by atoms with van der Waals surface area (Å²) in [6.07, 6.45) is -8.26. The van der Waals surface area contributed by atoms with Crippen molar-refractivity contribution in [3.8, 4) is 0 Å². The molecule has 25 heavy (non-hydrogen) atoms. The first kappa shape index (κ1) is 23.4. The molecule has 0 aromatic rings. The van der Waals surface area contributed by atoms with Gasteiger partial charge in [-0.2, -0.15) is 26.3 Å². The van der Waals surface area contributed by atoms with Crippen LogP contribution in [0.1, 0.15) is 12.8 Å². The summed E-state index contributed by atoms with van der Waals surface area (Å²) >= 11 is 0. The van der Waals surface area contributed by atoms with Gasteiger partial charge in [-0.05, 0) is 12.8 Å². The molecule has 0 atom stereocenters. The maximum atomic E-state index is 10.6. The minimum absolute atomic E-state index is 0.0284. The number of carbonyl (C=O) groups is 2. The van der Waals surface area contributed by atoms with Crippen molar-refractivity contribution in [3.05, 3.63) is 0 Å². The van der Waals surface area contributed by atoms with Crippen molar-refractivity contribution >= 4 is 11.9 Å². The maximum Gasteiger partial charge on any atom is 0.490 e. The predicted molar refractivity (Wildman–Crippen MR) is 70.9 cm³/mol. The van der Waals surface area contributed by atoms with Gasteiger partial charge in [0.15, 0.2) is 0 Å². The number of nitrogens with one attached hydrogen (secondary N) is 1. The second-order valence-corrected chi connectivity index (χ2v) is 5.19. The van der Waals surface area contributed by atoms with E-state index < -0.39 is 24.3 Å². The Bertz CT molecular complexity index is 407. The first-order valence-corrected chi connectivity index (χ1v) is 6.98. The molecule has 2 rings (SSSR count). The van der Waals surface area contributed by atoms with Crippen LogP contribution in [-0.2, 0) is 9.59 Å². The van der Waals surface area contributed by atoms with E-state index in [0.717, 1.165) is 45.1 Å². The number of hydrogen-bond donors (Lipinski definition) is 4. The second kappa shape index (κ2) is 9.77. The van der Waals surface area contributed by atoms with Crippen LogP contribution in [0, 0.1) is 0 Å². The summed E-state index contributed by atoms with van der Waals surface area (Å²) in [7, 11) is 0. The van der Waals surface area contributed by atoms with E-state index in [4.69, 9.17) is 19.8 Å². The van der Waals surface area contributed by atoms with E-state index >= 15 is 0 Å². The zero-order valence-corrected chi connectivity index (χ0v) is 12.8. The number of aliphatic hydroxyl groups is 1. The summed E-state index contributed by atoms with van der Waals surface area (Å²) in [5.41, 5.74) is 0. The fraction of sp³-hybridized carbons (Fsp3) is 0.833. The third-order valence-electron chi connectivity index (χ3n) is 3.26. The number of nitrogens with zero attached hydrogens (tertiary/aromatic N) is 1. The van der Waals surface area contributed by atoms with Gasteiger partial charge in [0.25, 0.3) is 0 Å². The molecule has 148 valence electrons. The zero-order chi connectivity index (χ0) is 19.8. The van der Waals surface area contributed by atoms with Gasteiger partial charge in [-0.15, -0.1) is 0 Å². The lowest BCUT2D eigenvalue weighted by atomic mass is 10.0. The van der Waals surface area contributed by atoms with Crippen LogP contribution < -0.4 is 5.32 Å². The Kier molecular flexibility index (Phi) is 9.15. The number of piperidine rings is 1. The average molecular weight is 384 g/mol. The fourth-order valence-electron chi connectivity index (χ4n) is 1.78. The number of carboxylic acid groups (broad SMARTS) is 2. The monoisotopic (exact) mass is 384 g/mol. The fourth-order valence-corrected chi connectivity index (χ4v) is 1.78. The summed E-state index contributed by atoms with van der Waals surface area (Å²) in [5.74, 6) is -5.51. The summed E-state index contributed by atoms with van der Waals surface area (Å²) < 4.78 is 63.5. The maximum absolute atomic E-state index is 10.6. The predicted octanol–water partition coefficient (Wildman–Crippen LogP) is 0.681. The van der Waals surface area contributed by atoms with Gasteiger partial charge >= 0.3 is 24.3 Å². The normalized spacial score (nSPS) is 19.6. The lowest BCUT2D eigenvalue weighted by Gasteiger charge is -2.41. The minimum atomic E-state index is -5.08. The van der Waals surface area contributed by atoms with Gasteiger partial charge in [0.2, 0.25) is 0 Å². The summed E-state index contributed by atoms with van der Waals surface area (Å²) in [5, 5.41) is 26.8. The van der Waals surface area contributed by atoms with Crippen molar-refractivity contribution in [2.75, 3.05) is 26.2 Å². The third kappa shape index (κ3) is 10.1. The summed E-state index contributed by atoms with van der Waals surface area (Å²) in [4.78, 5) is 20.3. The van der Waals surface area contributed by atoms with Crippen LogP contribution in [0.15, 0.2) is 0 Å². The van der Waals surface area contributed by atoms with Crippen molar-refractivity contribution in [3.63, 3.8) is 0 Å². The largest absolute Gasteiger partial charge is 0.490 e. The van der Waals surface area contributed by atoms with Crippen molar-refractivity contribution in [1.29, 1.82) is 0 Å². The quantitative estimate of drug-likeness (QED) is 0.492. The Morgan fingerprint density at radius 2 is 1.20 bits per heavy atom. The van der Waals surface area contributed by atoms with Crippen LogP contribution in [0.4, 0.5) is 26.3 Å². The van der Waals surface area contributed by atoms with Crippen molar-refractivity contribution in [1.82, 2.24) is 10.2 Å². The van der Waals surface area contributed by atoms with Gasteiger partial charge in [0.05, 0.1) is 6.10 Å². The third-order valence-corrected chi connectivity index (χ3v) is 3.26. The highest BCUT2D eigenvalue weighted by molar-refractivity contribution is 5.73. The van der Waals surface area contributed by atoms with Gasteiger partial charge in [0.1, 0.15) is 0 Å². The molecule has 0 aromatic carbocycles. The first-order chi connectivity index (χ1) is 11.2. The summed E-state index contributed by atoms with van der Waals surface area (Å²) in [6.45, 7) is 4.48. The van der Waals surface area contributed by atoms with Crippen molar-refractivity contribution in [2.24, 2.45) is 0 Å². The van der Waals surface area contributed by atoms with Gasteiger partial charge in [0, 0.05) is 32.2 Å². The average Bonchev–Trinajstić information content (AvgIpc) is 2.38. The molecule has 0 saturated carbocycles. The zero-order valence-electron chi connectivity index (χ0n) is 12.8. The molecule has 0 spiro atoms. The Labute approximate surface area is 138 Å². The smallest absolute Gasteiger partial charge is 0.475 e. The van der Waals surface area contributed by atoms with E-state index in [9.17, 15) is 31.4 Å². The topological polar surface area (TPSA) is 110 Å². The number of carboxylic acids is 2. The van der Waals surface area contributed by atoms with E-state index in [1.54, 1.807) is 0 Å². The molecule has 0 aromatic heterocycles. The number of likely N-dealkylation sites (tertiary alicyclic amines) is 1. The van der Waals surface area contributed by atoms with Gasteiger partial charge in [-0.3, -0.25) is 4.90 Å². The minimum Gasteiger partial charge on any atom is -0.475 e. The molecule has 0 radical (unpaired) electrons. The Morgan fingerprint density at radius 3 is 1.40 bits per heavy atom. The van der Waals surface area contributed by atoms with E-state index in [-0.39, 0.29) is 6.10 Å². The number of halogens is 6. The molecule has 2 fully saturated rings. The van der Waals surface area contributed by atoms with E-state index in [1.807, 2.05) is 0 Å². The van der Waals surface area contributed by atoms with Gasteiger partial charge in [-0.1, -0.05) is 0 Å². The van der Waals surface area contributed by atoms with E-state index in [0.29, 0.717) is 0 Å². The highest BCUT2D eigenvalue weighted by atomic mass is 19.4. The Hall–Kier alpha value is -1.60. The molecule has 2 saturated heterocycles. The lowest BCUT2D eigenvalue weighted by molar-refractivity contribution is -0.193.